The number of para-hydroxylation sites is 2. The van der Waals surface area contributed by atoms with Gasteiger partial charge in [-0.25, -0.2) is 4.98 Å². The SMILES string of the molecule is Cc1c(-c2ccccc2)nn(-c2nc3ccccc3[nH]2)c1O. The van der Waals surface area contributed by atoms with Crippen LogP contribution in [0, 0.1) is 6.92 Å². The van der Waals surface area contributed by atoms with Crippen molar-refractivity contribution in [2.24, 2.45) is 0 Å². The lowest BCUT2D eigenvalue weighted by molar-refractivity contribution is 0.427. The van der Waals surface area contributed by atoms with Crippen LogP contribution in [0.2, 0.25) is 0 Å². The number of nitrogens with one attached hydrogen (secondary N) is 1. The lowest BCUT2D eigenvalue weighted by Gasteiger charge is -1.97. The van der Waals surface area contributed by atoms with E-state index in [9.17, 15) is 5.11 Å². The lowest BCUT2D eigenvalue weighted by atomic mass is 10.1. The third kappa shape index (κ3) is 1.87. The van der Waals surface area contributed by atoms with E-state index in [4.69, 9.17) is 0 Å². The van der Waals surface area contributed by atoms with E-state index in [1.807, 2.05) is 61.5 Å². The molecule has 5 nitrogen and oxygen atoms in total. The van der Waals surface area contributed by atoms with E-state index in [-0.39, 0.29) is 5.88 Å². The Labute approximate surface area is 126 Å². The molecular formula is C17H14N4O. The molecule has 0 amide bonds. The summed E-state index contributed by atoms with van der Waals surface area (Å²) in [6.07, 6.45) is 0. The molecule has 2 aromatic heterocycles. The van der Waals surface area contributed by atoms with Crippen molar-refractivity contribution >= 4 is 11.0 Å². The van der Waals surface area contributed by atoms with Crippen LogP contribution in [0.25, 0.3) is 28.2 Å². The van der Waals surface area contributed by atoms with Gasteiger partial charge < -0.3 is 10.1 Å². The van der Waals surface area contributed by atoms with Crippen LogP contribution in [0.3, 0.4) is 0 Å². The van der Waals surface area contributed by atoms with E-state index in [2.05, 4.69) is 15.1 Å². The number of fused-ring (bicyclic) bond motifs is 1. The van der Waals surface area contributed by atoms with E-state index in [1.54, 1.807) is 0 Å². The van der Waals surface area contributed by atoms with E-state index in [0.29, 0.717) is 5.95 Å². The van der Waals surface area contributed by atoms with Crippen LogP contribution in [0.4, 0.5) is 0 Å². The fraction of sp³-hybridized carbons (Fsp3) is 0.0588. The predicted octanol–water partition coefficient (Wildman–Crippen LogP) is 3.43. The highest BCUT2D eigenvalue weighted by Crippen LogP contribution is 2.30. The molecule has 0 aliphatic rings. The summed E-state index contributed by atoms with van der Waals surface area (Å²) in [7, 11) is 0. The zero-order valence-electron chi connectivity index (χ0n) is 12.0. The first kappa shape index (κ1) is 12.6. The van der Waals surface area contributed by atoms with Gasteiger partial charge in [0.15, 0.2) is 0 Å². The number of benzene rings is 2. The van der Waals surface area contributed by atoms with Crippen LogP contribution in [0.5, 0.6) is 5.88 Å². The van der Waals surface area contributed by atoms with Crippen molar-refractivity contribution in [1.29, 1.82) is 0 Å². The molecule has 0 aliphatic heterocycles. The molecule has 2 heterocycles. The molecule has 0 saturated heterocycles. The highest BCUT2D eigenvalue weighted by Gasteiger charge is 2.18. The van der Waals surface area contributed by atoms with Gasteiger partial charge in [0, 0.05) is 11.1 Å². The van der Waals surface area contributed by atoms with Gasteiger partial charge in [-0.3, -0.25) is 0 Å². The number of hydrogen-bond donors (Lipinski definition) is 2. The lowest BCUT2D eigenvalue weighted by Crippen LogP contribution is -1.98. The Hall–Kier alpha value is -3.08. The molecule has 108 valence electrons. The average Bonchev–Trinajstić information content (AvgIpc) is 3.10. The van der Waals surface area contributed by atoms with Gasteiger partial charge >= 0.3 is 0 Å². The molecule has 22 heavy (non-hydrogen) atoms. The Morgan fingerprint density at radius 3 is 2.50 bits per heavy atom. The molecule has 2 N–H and O–H groups in total. The Morgan fingerprint density at radius 2 is 1.73 bits per heavy atom. The van der Waals surface area contributed by atoms with Crippen molar-refractivity contribution in [1.82, 2.24) is 19.7 Å². The van der Waals surface area contributed by atoms with Gasteiger partial charge in [0.1, 0.15) is 0 Å². The molecule has 0 bridgehead atoms. The first-order valence-corrected chi connectivity index (χ1v) is 7.03. The van der Waals surface area contributed by atoms with Crippen molar-refractivity contribution in [2.45, 2.75) is 6.92 Å². The Balaban J connectivity index is 1.89. The quantitative estimate of drug-likeness (QED) is 0.594. The molecule has 0 radical (unpaired) electrons. The molecule has 0 fully saturated rings. The fourth-order valence-electron chi connectivity index (χ4n) is 2.54. The van der Waals surface area contributed by atoms with Gasteiger partial charge in [-0.15, -0.1) is 0 Å². The Bertz CT molecular complexity index is 920. The smallest absolute Gasteiger partial charge is 0.232 e. The molecule has 0 saturated carbocycles. The minimum Gasteiger partial charge on any atom is -0.493 e. The van der Waals surface area contributed by atoms with Gasteiger partial charge in [-0.05, 0) is 19.1 Å². The first-order valence-electron chi connectivity index (χ1n) is 7.03. The molecule has 4 aromatic rings. The molecule has 0 atom stereocenters. The second-order valence-corrected chi connectivity index (χ2v) is 5.15. The van der Waals surface area contributed by atoms with E-state index in [0.717, 1.165) is 27.9 Å². The maximum absolute atomic E-state index is 10.4. The van der Waals surface area contributed by atoms with Crippen molar-refractivity contribution in [3.8, 4) is 23.1 Å². The Kier molecular flexibility index (Phi) is 2.72. The molecule has 4 rings (SSSR count). The zero-order chi connectivity index (χ0) is 15.1. The summed E-state index contributed by atoms with van der Waals surface area (Å²) in [5.74, 6) is 0.599. The van der Waals surface area contributed by atoms with Gasteiger partial charge in [-0.1, -0.05) is 42.5 Å². The van der Waals surface area contributed by atoms with Crippen LogP contribution in [-0.4, -0.2) is 24.9 Å². The number of aromatic hydroxyl groups is 1. The number of rotatable bonds is 2. The standard InChI is InChI=1S/C17H14N4O/c1-11-15(12-7-3-2-4-8-12)20-21(16(11)22)17-18-13-9-5-6-10-14(13)19-17/h2-10,22H,1H3,(H,18,19). The number of nitrogens with zero attached hydrogens (tertiary/aromatic N) is 3. The summed E-state index contributed by atoms with van der Waals surface area (Å²) < 4.78 is 1.44. The molecular weight excluding hydrogens is 276 g/mol. The van der Waals surface area contributed by atoms with Gasteiger partial charge in [0.05, 0.1) is 16.7 Å². The third-order valence-electron chi connectivity index (χ3n) is 3.72. The van der Waals surface area contributed by atoms with Crippen molar-refractivity contribution in [3.05, 3.63) is 60.2 Å². The molecule has 0 aliphatic carbocycles. The summed E-state index contributed by atoms with van der Waals surface area (Å²) in [5.41, 5.74) is 4.19. The van der Waals surface area contributed by atoms with Crippen molar-refractivity contribution in [3.63, 3.8) is 0 Å². The zero-order valence-corrected chi connectivity index (χ0v) is 12.0. The summed E-state index contributed by atoms with van der Waals surface area (Å²) in [4.78, 5) is 7.65. The fourth-order valence-corrected chi connectivity index (χ4v) is 2.54. The normalized spacial score (nSPS) is 11.1. The van der Waals surface area contributed by atoms with Crippen molar-refractivity contribution < 1.29 is 5.11 Å². The van der Waals surface area contributed by atoms with Gasteiger partial charge in [-0.2, -0.15) is 9.78 Å². The monoisotopic (exact) mass is 290 g/mol. The molecule has 0 unspecified atom stereocenters. The highest BCUT2D eigenvalue weighted by atomic mass is 16.3. The average molecular weight is 290 g/mol. The number of hydrogen-bond acceptors (Lipinski definition) is 3. The maximum atomic E-state index is 10.4. The Morgan fingerprint density at radius 1 is 1.00 bits per heavy atom. The summed E-state index contributed by atoms with van der Waals surface area (Å²) in [6, 6.07) is 17.5. The molecule has 5 heteroatoms. The minimum atomic E-state index is 0.0953. The number of aromatic amines is 1. The van der Waals surface area contributed by atoms with Gasteiger partial charge in [0.2, 0.25) is 11.8 Å². The number of aromatic nitrogens is 4. The second-order valence-electron chi connectivity index (χ2n) is 5.15. The van der Waals surface area contributed by atoms with Gasteiger partial charge in [0.25, 0.3) is 0 Å². The molecule has 0 spiro atoms. The topological polar surface area (TPSA) is 66.7 Å². The summed E-state index contributed by atoms with van der Waals surface area (Å²) >= 11 is 0. The first-order chi connectivity index (χ1) is 10.7. The maximum Gasteiger partial charge on any atom is 0.232 e. The second kappa shape index (κ2) is 4.73. The minimum absolute atomic E-state index is 0.0953. The van der Waals surface area contributed by atoms with Crippen molar-refractivity contribution in [2.75, 3.05) is 0 Å². The van der Waals surface area contributed by atoms with E-state index < -0.39 is 0 Å². The van der Waals surface area contributed by atoms with E-state index in [1.165, 1.54) is 4.68 Å². The van der Waals surface area contributed by atoms with Crippen LogP contribution in [-0.2, 0) is 0 Å². The third-order valence-corrected chi connectivity index (χ3v) is 3.72. The van der Waals surface area contributed by atoms with Crippen LogP contribution >= 0.6 is 0 Å². The van der Waals surface area contributed by atoms with Crippen LogP contribution in [0.1, 0.15) is 5.56 Å². The predicted molar refractivity (Wildman–Crippen MR) is 85.1 cm³/mol. The van der Waals surface area contributed by atoms with E-state index >= 15 is 0 Å². The summed E-state index contributed by atoms with van der Waals surface area (Å²) in [6.45, 7) is 1.85. The largest absolute Gasteiger partial charge is 0.493 e. The number of H-pyrrole nitrogens is 1. The summed E-state index contributed by atoms with van der Waals surface area (Å²) in [5, 5.41) is 14.9. The van der Waals surface area contributed by atoms with Crippen LogP contribution in [0.15, 0.2) is 54.6 Å². The molecule has 2 aromatic carbocycles. The number of imidazole rings is 1. The van der Waals surface area contributed by atoms with Crippen LogP contribution < -0.4 is 0 Å². The highest BCUT2D eigenvalue weighted by molar-refractivity contribution is 5.76.